The van der Waals surface area contributed by atoms with Crippen LogP contribution in [0.2, 0.25) is 0 Å². The Bertz CT molecular complexity index is 1180. The highest BCUT2D eigenvalue weighted by atomic mass is 32.2. The van der Waals surface area contributed by atoms with Crippen molar-refractivity contribution < 1.29 is 22.7 Å². The van der Waals surface area contributed by atoms with E-state index in [4.69, 9.17) is 4.74 Å². The third kappa shape index (κ3) is 4.74. The van der Waals surface area contributed by atoms with E-state index in [-0.39, 0.29) is 11.5 Å². The molecule has 0 saturated heterocycles. The molecule has 1 aliphatic carbocycles. The molecular formula is C24H31N3O5S. The van der Waals surface area contributed by atoms with Crippen molar-refractivity contribution in [3.05, 3.63) is 53.1 Å². The van der Waals surface area contributed by atoms with E-state index in [0.717, 1.165) is 22.3 Å². The van der Waals surface area contributed by atoms with Crippen LogP contribution in [0.15, 0.2) is 41.3 Å². The van der Waals surface area contributed by atoms with E-state index in [1.807, 2.05) is 46.8 Å². The average molecular weight is 474 g/mol. The minimum atomic E-state index is -4.11. The van der Waals surface area contributed by atoms with Gasteiger partial charge in [-0.3, -0.25) is 5.43 Å². The molecule has 1 unspecified atom stereocenters. The van der Waals surface area contributed by atoms with Crippen LogP contribution < -0.4 is 15.6 Å². The number of hydrazine groups is 1. The number of carbonyl (C=O) groups excluding carboxylic acids is 2. The molecule has 2 aromatic carbocycles. The molecule has 8 nitrogen and oxygen atoms in total. The lowest BCUT2D eigenvalue weighted by molar-refractivity contribution is -0.147. The van der Waals surface area contributed by atoms with Gasteiger partial charge in [-0.2, -0.15) is 0 Å². The third-order valence-corrected chi connectivity index (χ3v) is 7.42. The number of esters is 1. The molecule has 33 heavy (non-hydrogen) atoms. The van der Waals surface area contributed by atoms with E-state index in [9.17, 15) is 18.0 Å². The lowest BCUT2D eigenvalue weighted by Crippen LogP contribution is -2.55. The molecule has 1 atom stereocenters. The lowest BCUT2D eigenvalue weighted by atomic mass is 9.94. The zero-order valence-electron chi connectivity index (χ0n) is 19.8. The molecule has 0 heterocycles. The number of urea groups is 1. The molecule has 1 aliphatic rings. The maximum Gasteiger partial charge on any atom is 0.332 e. The van der Waals surface area contributed by atoms with Crippen LogP contribution in [0.5, 0.6) is 0 Å². The first-order valence-electron chi connectivity index (χ1n) is 10.8. The monoisotopic (exact) mass is 473 g/mol. The predicted octanol–water partition coefficient (Wildman–Crippen LogP) is 3.50. The van der Waals surface area contributed by atoms with Crippen LogP contribution in [-0.2, 0) is 19.6 Å². The summed E-state index contributed by atoms with van der Waals surface area (Å²) in [6.45, 7) is 11.4. The Hall–Kier alpha value is -2.91. The Morgan fingerprint density at radius 1 is 1.06 bits per heavy atom. The number of aryl methyl sites for hydroxylation is 3. The molecule has 3 rings (SSSR count). The summed E-state index contributed by atoms with van der Waals surface area (Å²) < 4.78 is 31.3. The van der Waals surface area contributed by atoms with Crippen LogP contribution in [0.25, 0.3) is 11.1 Å². The fourth-order valence-electron chi connectivity index (χ4n) is 4.39. The third-order valence-electron chi connectivity index (χ3n) is 6.11. The molecule has 0 radical (unpaired) electrons. The maximum atomic E-state index is 13.1. The van der Waals surface area contributed by atoms with Crippen molar-refractivity contribution in [2.45, 2.75) is 58.4 Å². The summed E-state index contributed by atoms with van der Waals surface area (Å²) in [5, 5.41) is 2.59. The van der Waals surface area contributed by atoms with Gasteiger partial charge in [0.1, 0.15) is 5.54 Å². The van der Waals surface area contributed by atoms with Crippen molar-refractivity contribution in [1.29, 1.82) is 0 Å². The van der Waals surface area contributed by atoms with Gasteiger partial charge in [0, 0.05) is 11.0 Å². The summed E-state index contributed by atoms with van der Waals surface area (Å²) in [7, 11) is -4.11. The Morgan fingerprint density at radius 2 is 1.64 bits per heavy atom. The van der Waals surface area contributed by atoms with Crippen molar-refractivity contribution in [3.63, 3.8) is 0 Å². The van der Waals surface area contributed by atoms with Gasteiger partial charge in [-0.05, 0) is 56.9 Å². The summed E-state index contributed by atoms with van der Waals surface area (Å²) in [5.74, 6) is -0.538. The van der Waals surface area contributed by atoms with Gasteiger partial charge < -0.3 is 10.1 Å². The van der Waals surface area contributed by atoms with Gasteiger partial charge in [0.2, 0.25) is 0 Å². The van der Waals surface area contributed by atoms with Crippen LogP contribution in [0.1, 0.15) is 43.9 Å². The van der Waals surface area contributed by atoms with Crippen LogP contribution in [0, 0.1) is 26.2 Å². The molecule has 0 aliphatic heterocycles. The number of benzene rings is 2. The Balaban J connectivity index is 1.82. The Kier molecular flexibility index (Phi) is 6.59. The minimum absolute atomic E-state index is 0.0345. The van der Waals surface area contributed by atoms with Gasteiger partial charge in [-0.15, -0.1) is 4.83 Å². The van der Waals surface area contributed by atoms with Crippen molar-refractivity contribution >= 4 is 22.0 Å². The molecule has 0 spiro atoms. The Labute approximate surface area is 195 Å². The number of nitrogens with one attached hydrogen (secondary N) is 3. The van der Waals surface area contributed by atoms with Crippen LogP contribution in [0.3, 0.4) is 0 Å². The zero-order valence-corrected chi connectivity index (χ0v) is 20.6. The van der Waals surface area contributed by atoms with Crippen LogP contribution in [0.4, 0.5) is 4.79 Å². The first-order valence-corrected chi connectivity index (χ1v) is 12.3. The molecule has 0 bridgehead atoms. The fourth-order valence-corrected chi connectivity index (χ4v) is 5.45. The quantitative estimate of drug-likeness (QED) is 0.421. The maximum absolute atomic E-state index is 13.1. The highest BCUT2D eigenvalue weighted by Crippen LogP contribution is 2.56. The topological polar surface area (TPSA) is 114 Å². The summed E-state index contributed by atoms with van der Waals surface area (Å²) >= 11 is 0. The largest absolute Gasteiger partial charge is 0.464 e. The number of amides is 2. The number of ether oxygens (including phenoxy) is 1. The highest BCUT2D eigenvalue weighted by molar-refractivity contribution is 7.89. The first kappa shape index (κ1) is 24.7. The number of sulfonamides is 1. The summed E-state index contributed by atoms with van der Waals surface area (Å²) in [4.78, 5) is 27.1. The minimum Gasteiger partial charge on any atom is -0.464 e. The lowest BCUT2D eigenvalue weighted by Gasteiger charge is -2.21. The fraction of sp³-hybridized carbons (Fsp3) is 0.417. The van der Waals surface area contributed by atoms with Crippen molar-refractivity contribution in [3.8, 4) is 11.1 Å². The van der Waals surface area contributed by atoms with Crippen molar-refractivity contribution in [2.24, 2.45) is 5.41 Å². The summed E-state index contributed by atoms with van der Waals surface area (Å²) in [6, 6.07) is 9.78. The molecule has 3 N–H and O–H groups in total. The molecule has 1 saturated carbocycles. The van der Waals surface area contributed by atoms with Gasteiger partial charge in [0.05, 0.1) is 11.5 Å². The van der Waals surface area contributed by atoms with E-state index in [1.54, 1.807) is 25.1 Å². The second kappa shape index (κ2) is 8.79. The number of hydrogen-bond acceptors (Lipinski definition) is 5. The van der Waals surface area contributed by atoms with E-state index in [2.05, 4.69) is 15.6 Å². The highest BCUT2D eigenvalue weighted by Gasteiger charge is 2.68. The molecule has 1 fully saturated rings. The molecule has 2 aromatic rings. The van der Waals surface area contributed by atoms with E-state index in [0.29, 0.717) is 12.0 Å². The second-order valence-corrected chi connectivity index (χ2v) is 10.8. The SMILES string of the molecule is CCOC(=O)C1(NC(=O)NNS(=O)(=O)c2ccccc2-c2c(C)cc(C)cc2C)CC1(C)C. The summed E-state index contributed by atoms with van der Waals surface area (Å²) in [5.41, 5.74) is 4.84. The number of hydrogen-bond donors (Lipinski definition) is 3. The summed E-state index contributed by atoms with van der Waals surface area (Å²) in [6.07, 6.45) is 0.397. The molecule has 0 aromatic heterocycles. The van der Waals surface area contributed by atoms with Crippen molar-refractivity contribution in [1.82, 2.24) is 15.6 Å². The molecule has 2 amide bonds. The van der Waals surface area contributed by atoms with E-state index in [1.165, 1.54) is 6.07 Å². The van der Waals surface area contributed by atoms with Gasteiger partial charge in [0.25, 0.3) is 10.0 Å². The standard InChI is InChI=1S/C24H31N3O5S/c1-7-32-21(28)24(14-23(24,5)6)25-22(29)26-27-33(30,31)19-11-9-8-10-18(19)20-16(3)12-15(2)13-17(20)4/h8-13,27H,7,14H2,1-6H3,(H2,25,26,29). The smallest absolute Gasteiger partial charge is 0.332 e. The van der Waals surface area contributed by atoms with Gasteiger partial charge in [0.15, 0.2) is 0 Å². The normalized spacial score (nSPS) is 19.0. The van der Waals surface area contributed by atoms with E-state index < -0.39 is 33.0 Å². The second-order valence-electron chi connectivity index (χ2n) is 9.14. The predicted molar refractivity (Wildman–Crippen MR) is 126 cm³/mol. The van der Waals surface area contributed by atoms with Crippen LogP contribution >= 0.6 is 0 Å². The van der Waals surface area contributed by atoms with Gasteiger partial charge >= 0.3 is 12.0 Å². The average Bonchev–Trinajstić information content (AvgIpc) is 3.27. The van der Waals surface area contributed by atoms with Gasteiger partial charge in [-0.25, -0.2) is 18.0 Å². The zero-order chi connectivity index (χ0) is 24.6. The number of rotatable bonds is 7. The Morgan fingerprint density at radius 3 is 2.18 bits per heavy atom. The molecule has 178 valence electrons. The molecular weight excluding hydrogens is 442 g/mol. The van der Waals surface area contributed by atoms with Gasteiger partial charge in [-0.1, -0.05) is 49.7 Å². The van der Waals surface area contributed by atoms with Crippen LogP contribution in [-0.4, -0.2) is 32.6 Å². The number of carbonyl (C=O) groups is 2. The van der Waals surface area contributed by atoms with E-state index >= 15 is 0 Å². The first-order chi connectivity index (χ1) is 15.3. The molecule has 9 heteroatoms. The van der Waals surface area contributed by atoms with Crippen molar-refractivity contribution in [2.75, 3.05) is 6.61 Å².